The number of likely N-dealkylation sites (N-methyl/N-ethyl adjacent to an activating group) is 1. The normalized spacial score (nSPS) is 15.5. The zero-order chi connectivity index (χ0) is 25.3. The van der Waals surface area contributed by atoms with Gasteiger partial charge in [0.15, 0.2) is 17.8 Å². The molecule has 1 heterocycles. The maximum atomic E-state index is 14.6. The van der Waals surface area contributed by atoms with Gasteiger partial charge in [0.25, 0.3) is 17.7 Å². The third kappa shape index (κ3) is 7.67. The fraction of sp³-hybridized carbons (Fsp3) is 0.458. The molecule has 1 rings (SSSR count). The van der Waals surface area contributed by atoms with Gasteiger partial charge in [0.2, 0.25) is 0 Å². The Bertz CT molecular complexity index is 914. The minimum Gasteiger partial charge on any atom is -0.331 e. The SMILES string of the molecule is C#CCN(C)C(=O)/C(F)=C/C1=CCN(C(=O)/C(F)=C/CC(C)(C)N(CC=C)C(=O)C(C)F)C1. The second-order valence-electron chi connectivity index (χ2n) is 8.24. The van der Waals surface area contributed by atoms with E-state index in [2.05, 4.69) is 12.5 Å². The highest BCUT2D eigenvalue weighted by Gasteiger charge is 2.33. The Morgan fingerprint density at radius 1 is 1.33 bits per heavy atom. The van der Waals surface area contributed by atoms with Crippen LogP contribution in [0.3, 0.4) is 0 Å². The topological polar surface area (TPSA) is 60.9 Å². The van der Waals surface area contributed by atoms with Crippen molar-refractivity contribution in [3.05, 3.63) is 48.1 Å². The van der Waals surface area contributed by atoms with Crippen molar-refractivity contribution in [3.8, 4) is 12.3 Å². The Balaban J connectivity index is 2.83. The summed E-state index contributed by atoms with van der Waals surface area (Å²) in [7, 11) is 1.36. The lowest BCUT2D eigenvalue weighted by Crippen LogP contribution is -2.50. The van der Waals surface area contributed by atoms with E-state index in [4.69, 9.17) is 6.42 Å². The van der Waals surface area contributed by atoms with Gasteiger partial charge in [0.05, 0.1) is 6.54 Å². The van der Waals surface area contributed by atoms with Gasteiger partial charge < -0.3 is 14.7 Å². The molecule has 9 heteroatoms. The largest absolute Gasteiger partial charge is 0.331 e. The predicted molar refractivity (Wildman–Crippen MR) is 121 cm³/mol. The van der Waals surface area contributed by atoms with Crippen LogP contribution in [0.1, 0.15) is 27.2 Å². The number of nitrogens with zero attached hydrogens (tertiary/aromatic N) is 3. The number of hydrogen-bond acceptors (Lipinski definition) is 3. The molecule has 0 fully saturated rings. The van der Waals surface area contributed by atoms with Crippen molar-refractivity contribution < 1.29 is 27.6 Å². The summed E-state index contributed by atoms with van der Waals surface area (Å²) < 4.78 is 42.2. The summed E-state index contributed by atoms with van der Waals surface area (Å²) in [5.74, 6) is -2.43. The molecule has 0 N–H and O–H groups in total. The van der Waals surface area contributed by atoms with Crippen LogP contribution < -0.4 is 0 Å². The molecule has 1 atom stereocenters. The molecule has 1 aliphatic heterocycles. The van der Waals surface area contributed by atoms with E-state index in [0.717, 1.165) is 28.9 Å². The molecule has 180 valence electrons. The lowest BCUT2D eigenvalue weighted by atomic mass is 9.96. The predicted octanol–water partition coefficient (Wildman–Crippen LogP) is 3.09. The lowest BCUT2D eigenvalue weighted by molar-refractivity contribution is -0.140. The molecule has 33 heavy (non-hydrogen) atoms. The van der Waals surface area contributed by atoms with Gasteiger partial charge >= 0.3 is 0 Å². The van der Waals surface area contributed by atoms with Gasteiger partial charge in [-0.2, -0.15) is 0 Å². The van der Waals surface area contributed by atoms with Gasteiger partial charge in [-0.05, 0) is 44.9 Å². The van der Waals surface area contributed by atoms with E-state index >= 15 is 0 Å². The second kappa shape index (κ2) is 12.1. The van der Waals surface area contributed by atoms with Gasteiger partial charge in [0.1, 0.15) is 0 Å². The van der Waals surface area contributed by atoms with E-state index in [1.54, 1.807) is 13.8 Å². The average molecular weight is 466 g/mol. The molecular formula is C24H30F3N3O3. The van der Waals surface area contributed by atoms with Crippen LogP contribution in [0.25, 0.3) is 0 Å². The van der Waals surface area contributed by atoms with Gasteiger partial charge in [-0.25, -0.2) is 13.2 Å². The summed E-state index contributed by atoms with van der Waals surface area (Å²) in [4.78, 5) is 39.9. The van der Waals surface area contributed by atoms with E-state index in [9.17, 15) is 27.6 Å². The van der Waals surface area contributed by atoms with E-state index in [0.29, 0.717) is 5.57 Å². The van der Waals surface area contributed by atoms with Gasteiger partial charge in [-0.3, -0.25) is 14.4 Å². The van der Waals surface area contributed by atoms with Crippen LogP contribution in [0.2, 0.25) is 0 Å². The molecular weight excluding hydrogens is 435 g/mol. The summed E-state index contributed by atoms with van der Waals surface area (Å²) in [6.45, 7) is 7.89. The first-order valence-electron chi connectivity index (χ1n) is 10.3. The number of terminal acetylenes is 1. The second-order valence-corrected chi connectivity index (χ2v) is 8.24. The molecule has 0 saturated heterocycles. The number of rotatable bonds is 10. The lowest BCUT2D eigenvalue weighted by Gasteiger charge is -2.38. The number of hydrogen-bond donors (Lipinski definition) is 0. The number of amides is 3. The highest BCUT2D eigenvalue weighted by Crippen LogP contribution is 2.24. The van der Waals surface area contributed by atoms with Crippen molar-refractivity contribution in [2.75, 3.05) is 33.2 Å². The van der Waals surface area contributed by atoms with E-state index < -0.39 is 41.1 Å². The van der Waals surface area contributed by atoms with Crippen LogP contribution >= 0.6 is 0 Å². The van der Waals surface area contributed by atoms with E-state index in [1.165, 1.54) is 24.1 Å². The molecule has 1 aliphatic rings. The van der Waals surface area contributed by atoms with Crippen LogP contribution in [0, 0.1) is 12.3 Å². The van der Waals surface area contributed by atoms with Gasteiger partial charge in [-0.15, -0.1) is 13.0 Å². The fourth-order valence-corrected chi connectivity index (χ4v) is 3.12. The molecule has 6 nitrogen and oxygen atoms in total. The molecule has 0 aromatic heterocycles. The van der Waals surface area contributed by atoms with Gasteiger partial charge in [0, 0.05) is 32.2 Å². The molecule has 0 bridgehead atoms. The molecule has 0 radical (unpaired) electrons. The highest BCUT2D eigenvalue weighted by atomic mass is 19.1. The number of halogens is 3. The smallest absolute Gasteiger partial charge is 0.283 e. The van der Waals surface area contributed by atoms with Crippen molar-refractivity contribution in [2.24, 2.45) is 0 Å². The molecule has 0 aromatic carbocycles. The molecule has 0 spiro atoms. The third-order valence-corrected chi connectivity index (χ3v) is 5.06. The first kappa shape index (κ1) is 27.8. The summed E-state index contributed by atoms with van der Waals surface area (Å²) in [6.07, 6.45) is 8.30. The Morgan fingerprint density at radius 2 is 1.97 bits per heavy atom. The van der Waals surface area contributed by atoms with Gasteiger partial charge in [-0.1, -0.05) is 18.1 Å². The third-order valence-electron chi connectivity index (χ3n) is 5.06. The van der Waals surface area contributed by atoms with Crippen LogP contribution in [-0.2, 0) is 14.4 Å². The van der Waals surface area contributed by atoms with Crippen molar-refractivity contribution in [2.45, 2.75) is 38.9 Å². The summed E-state index contributed by atoms with van der Waals surface area (Å²) in [6, 6.07) is 0. The zero-order valence-electron chi connectivity index (χ0n) is 19.4. The monoisotopic (exact) mass is 465 g/mol. The molecule has 3 amide bonds. The van der Waals surface area contributed by atoms with Crippen molar-refractivity contribution in [3.63, 3.8) is 0 Å². The first-order valence-corrected chi connectivity index (χ1v) is 10.3. The maximum Gasteiger partial charge on any atom is 0.283 e. The number of carbonyl (C=O) groups is 3. The standard InChI is InChI=1S/C24H30F3N3O3/c1-7-12-28(6)22(32)20(27)15-18-10-14-29(16-18)23(33)19(26)9-11-24(4,5)30(13-8-2)21(31)17(3)25/h1,8-10,15,17H,2,11-14,16H2,3-6H3/b19-9-,20-15-. The maximum absolute atomic E-state index is 14.6. The summed E-state index contributed by atoms with van der Waals surface area (Å²) >= 11 is 0. The quantitative estimate of drug-likeness (QED) is 0.283. The molecule has 0 saturated carbocycles. The number of carbonyl (C=O) groups excluding carboxylic acids is 3. The van der Waals surface area contributed by atoms with Crippen LogP contribution in [0.4, 0.5) is 13.2 Å². The van der Waals surface area contributed by atoms with Crippen molar-refractivity contribution >= 4 is 17.7 Å². The zero-order valence-corrected chi connectivity index (χ0v) is 19.4. The minimum absolute atomic E-state index is 0.0391. The molecule has 0 aliphatic carbocycles. The van der Waals surface area contributed by atoms with Crippen LogP contribution in [-0.4, -0.2) is 77.4 Å². The Morgan fingerprint density at radius 3 is 2.52 bits per heavy atom. The van der Waals surface area contributed by atoms with Crippen LogP contribution in [0.5, 0.6) is 0 Å². The Hall–Kier alpha value is -3.28. The van der Waals surface area contributed by atoms with Crippen molar-refractivity contribution in [1.29, 1.82) is 0 Å². The Labute approximate surface area is 193 Å². The highest BCUT2D eigenvalue weighted by molar-refractivity contribution is 5.93. The molecule has 1 unspecified atom stereocenters. The number of alkyl halides is 1. The van der Waals surface area contributed by atoms with Crippen molar-refractivity contribution in [1.82, 2.24) is 14.7 Å². The average Bonchev–Trinajstić information content (AvgIpc) is 3.22. The summed E-state index contributed by atoms with van der Waals surface area (Å²) in [5, 5.41) is 0. The molecule has 0 aromatic rings. The fourth-order valence-electron chi connectivity index (χ4n) is 3.12. The minimum atomic E-state index is -1.74. The van der Waals surface area contributed by atoms with Crippen LogP contribution in [0.15, 0.2) is 48.1 Å². The summed E-state index contributed by atoms with van der Waals surface area (Å²) in [5.41, 5.74) is -0.634. The first-order chi connectivity index (χ1) is 15.3. The van der Waals surface area contributed by atoms with E-state index in [1.807, 2.05) is 0 Å². The van der Waals surface area contributed by atoms with E-state index in [-0.39, 0.29) is 32.6 Å². The Kier molecular flexibility index (Phi) is 10.2.